The fourth-order valence-corrected chi connectivity index (χ4v) is 3.23. The molecule has 3 aromatic heterocycles. The van der Waals surface area contributed by atoms with Gasteiger partial charge < -0.3 is 5.73 Å². The van der Waals surface area contributed by atoms with Crippen LogP contribution in [0.15, 0.2) is 55.1 Å². The molecule has 0 saturated carbocycles. The molecule has 5 nitrogen and oxygen atoms in total. The van der Waals surface area contributed by atoms with E-state index in [1.54, 1.807) is 43.0 Å². The van der Waals surface area contributed by atoms with Crippen LogP contribution in [0, 0.1) is 0 Å². The summed E-state index contributed by atoms with van der Waals surface area (Å²) in [6.45, 7) is 0. The number of amides is 1. The Morgan fingerprint density at radius 1 is 0.909 bits per heavy atom. The second kappa shape index (κ2) is 5.87. The minimum absolute atomic E-state index is 0.315. The molecule has 3 aromatic rings. The topological polar surface area (TPSA) is 85.9 Å². The van der Waals surface area contributed by atoms with Gasteiger partial charge in [0.05, 0.1) is 0 Å². The predicted octanol–water partition coefficient (Wildman–Crippen LogP) is 2.54. The molecular weight excluding hydrogens is 298 g/mol. The fourth-order valence-electron chi connectivity index (χ4n) is 2.07. The maximum atomic E-state index is 12.1. The van der Waals surface area contributed by atoms with Crippen LogP contribution < -0.4 is 5.73 Å². The van der Waals surface area contributed by atoms with Crippen LogP contribution in [0.2, 0.25) is 0 Å². The number of nitrogens with two attached hydrogens (primary N) is 1. The molecule has 0 aromatic carbocycles. The van der Waals surface area contributed by atoms with Crippen molar-refractivity contribution in [2.75, 3.05) is 0 Å². The zero-order valence-electron chi connectivity index (χ0n) is 11.4. The maximum absolute atomic E-state index is 12.1. The van der Waals surface area contributed by atoms with Gasteiger partial charge in [-0.05, 0) is 41.5 Å². The van der Waals surface area contributed by atoms with E-state index >= 15 is 0 Å². The summed E-state index contributed by atoms with van der Waals surface area (Å²) in [5, 5.41) is 0. The van der Waals surface area contributed by atoms with Crippen LogP contribution in [0.1, 0.15) is 10.4 Å². The third-order valence-electron chi connectivity index (χ3n) is 3.11. The van der Waals surface area contributed by atoms with Gasteiger partial charge in [0.1, 0.15) is 0 Å². The highest BCUT2D eigenvalue weighted by Gasteiger charge is 2.21. The summed E-state index contributed by atoms with van der Waals surface area (Å²) >= 11 is 1.43. The number of hydrogen-bond acceptors (Lipinski definition) is 5. The van der Waals surface area contributed by atoms with E-state index in [1.807, 2.05) is 12.1 Å². The van der Waals surface area contributed by atoms with Crippen molar-refractivity contribution in [1.29, 1.82) is 0 Å². The van der Waals surface area contributed by atoms with E-state index in [0.29, 0.717) is 10.4 Å². The average molecular weight is 309 g/mol. The number of Topliss-reactive ketones (excluding diaryl/α,β-unsaturated/α-hetero) is 1. The molecule has 0 fully saturated rings. The second-order valence-electron chi connectivity index (χ2n) is 4.52. The van der Waals surface area contributed by atoms with E-state index in [-0.39, 0.29) is 0 Å². The van der Waals surface area contributed by atoms with Gasteiger partial charge in [-0.2, -0.15) is 0 Å². The third-order valence-corrected chi connectivity index (χ3v) is 4.34. The van der Waals surface area contributed by atoms with Gasteiger partial charge in [0.15, 0.2) is 0 Å². The van der Waals surface area contributed by atoms with Crippen molar-refractivity contribution in [3.05, 3.63) is 60.7 Å². The third kappa shape index (κ3) is 2.64. The van der Waals surface area contributed by atoms with Crippen LogP contribution in [-0.4, -0.2) is 21.7 Å². The lowest BCUT2D eigenvalue weighted by molar-refractivity contribution is -0.114. The van der Waals surface area contributed by atoms with Crippen molar-refractivity contribution in [3.63, 3.8) is 0 Å². The number of hydrogen-bond donors (Lipinski definition) is 1. The summed E-state index contributed by atoms with van der Waals surface area (Å²) in [5.41, 5.74) is 7.23. The number of primary amides is 1. The Kier molecular flexibility index (Phi) is 3.76. The Morgan fingerprint density at radius 2 is 1.45 bits per heavy atom. The van der Waals surface area contributed by atoms with Crippen molar-refractivity contribution >= 4 is 23.0 Å². The molecule has 6 heteroatoms. The number of carbonyl (C=O) groups is 2. The zero-order valence-corrected chi connectivity index (χ0v) is 12.2. The lowest BCUT2D eigenvalue weighted by atomic mass is 10.1. The Bertz CT molecular complexity index is 829. The van der Waals surface area contributed by atoms with Crippen LogP contribution >= 0.6 is 11.3 Å². The maximum Gasteiger partial charge on any atom is 0.289 e. The van der Waals surface area contributed by atoms with Crippen molar-refractivity contribution in [2.45, 2.75) is 0 Å². The minimum atomic E-state index is -0.964. The molecule has 0 radical (unpaired) electrons. The standard InChI is InChI=1S/C16H11N3O2S/c17-16(21)14(20)12-9-13(10-1-5-18-6-2-10)22-15(12)11-3-7-19-8-4-11/h1-9H,(H2,17,21). The quantitative estimate of drug-likeness (QED) is 0.592. The summed E-state index contributed by atoms with van der Waals surface area (Å²) in [6, 6.07) is 8.98. The normalized spacial score (nSPS) is 10.4. The van der Waals surface area contributed by atoms with Crippen molar-refractivity contribution < 1.29 is 9.59 Å². The largest absolute Gasteiger partial charge is 0.363 e. The fraction of sp³-hybridized carbons (Fsp3) is 0. The molecule has 3 heterocycles. The smallest absolute Gasteiger partial charge is 0.289 e. The summed E-state index contributed by atoms with van der Waals surface area (Å²) < 4.78 is 0. The molecule has 22 heavy (non-hydrogen) atoms. The monoisotopic (exact) mass is 309 g/mol. The van der Waals surface area contributed by atoms with E-state index in [0.717, 1.165) is 16.0 Å². The average Bonchev–Trinajstić information content (AvgIpc) is 3.01. The van der Waals surface area contributed by atoms with Crippen molar-refractivity contribution in [2.24, 2.45) is 5.73 Å². The molecule has 2 N–H and O–H groups in total. The van der Waals surface area contributed by atoms with Gasteiger partial charge in [0.25, 0.3) is 11.7 Å². The van der Waals surface area contributed by atoms with E-state index in [2.05, 4.69) is 9.97 Å². The van der Waals surface area contributed by atoms with Crippen molar-refractivity contribution in [3.8, 4) is 20.9 Å². The summed E-state index contributed by atoms with van der Waals surface area (Å²) in [7, 11) is 0. The number of thiophene rings is 1. The first-order valence-corrected chi connectivity index (χ1v) is 7.27. The Balaban J connectivity index is 2.17. The van der Waals surface area contributed by atoms with Gasteiger partial charge in [-0.3, -0.25) is 19.6 Å². The number of aromatic nitrogens is 2. The van der Waals surface area contributed by atoms with Crippen LogP contribution in [0.5, 0.6) is 0 Å². The number of nitrogens with zero attached hydrogens (tertiary/aromatic N) is 2. The lowest BCUT2D eigenvalue weighted by Gasteiger charge is -2.00. The molecule has 0 unspecified atom stereocenters. The molecule has 3 rings (SSSR count). The molecule has 0 aliphatic carbocycles. The first-order chi connectivity index (χ1) is 10.7. The lowest BCUT2D eigenvalue weighted by Crippen LogP contribution is -2.23. The molecule has 0 bridgehead atoms. The highest BCUT2D eigenvalue weighted by molar-refractivity contribution is 7.19. The van der Waals surface area contributed by atoms with E-state index in [4.69, 9.17) is 5.73 Å². The molecule has 108 valence electrons. The van der Waals surface area contributed by atoms with Crippen LogP contribution in [-0.2, 0) is 4.79 Å². The number of ketones is 1. The second-order valence-corrected chi connectivity index (χ2v) is 5.57. The molecule has 0 spiro atoms. The van der Waals surface area contributed by atoms with Crippen molar-refractivity contribution in [1.82, 2.24) is 9.97 Å². The van der Waals surface area contributed by atoms with E-state index < -0.39 is 11.7 Å². The van der Waals surface area contributed by atoms with Gasteiger partial charge in [0, 0.05) is 40.1 Å². The Morgan fingerprint density at radius 3 is 2.00 bits per heavy atom. The highest BCUT2D eigenvalue weighted by Crippen LogP contribution is 2.38. The Hall–Kier alpha value is -2.86. The van der Waals surface area contributed by atoms with Crippen LogP contribution in [0.25, 0.3) is 20.9 Å². The molecule has 0 saturated heterocycles. The Labute approximate surface area is 130 Å². The molecule has 0 atom stereocenters. The molecule has 0 aliphatic heterocycles. The summed E-state index contributed by atoms with van der Waals surface area (Å²) in [5.74, 6) is -1.65. The summed E-state index contributed by atoms with van der Waals surface area (Å²) in [6.07, 6.45) is 6.63. The van der Waals surface area contributed by atoms with Gasteiger partial charge in [0.2, 0.25) is 0 Å². The molecule has 0 aliphatic rings. The number of pyridine rings is 2. The van der Waals surface area contributed by atoms with Gasteiger partial charge >= 0.3 is 0 Å². The first kappa shape index (κ1) is 14.1. The SMILES string of the molecule is NC(=O)C(=O)c1cc(-c2ccncc2)sc1-c1ccncc1. The minimum Gasteiger partial charge on any atom is -0.363 e. The van der Waals surface area contributed by atoms with Gasteiger partial charge in [-0.15, -0.1) is 11.3 Å². The van der Waals surface area contributed by atoms with Crippen LogP contribution in [0.3, 0.4) is 0 Å². The number of carbonyl (C=O) groups excluding carboxylic acids is 2. The van der Waals surface area contributed by atoms with Gasteiger partial charge in [-0.25, -0.2) is 0 Å². The van der Waals surface area contributed by atoms with Crippen LogP contribution in [0.4, 0.5) is 0 Å². The number of rotatable bonds is 4. The zero-order chi connectivity index (χ0) is 15.5. The summed E-state index contributed by atoms with van der Waals surface area (Å²) in [4.78, 5) is 32.9. The molecule has 1 amide bonds. The first-order valence-electron chi connectivity index (χ1n) is 6.45. The predicted molar refractivity (Wildman–Crippen MR) is 84.3 cm³/mol. The molecular formula is C16H11N3O2S. The van der Waals surface area contributed by atoms with Gasteiger partial charge in [-0.1, -0.05) is 0 Å². The van der Waals surface area contributed by atoms with E-state index in [9.17, 15) is 9.59 Å². The highest BCUT2D eigenvalue weighted by atomic mass is 32.1. The van der Waals surface area contributed by atoms with E-state index in [1.165, 1.54) is 11.3 Å².